The molecule has 1 N–H and O–H groups in total. The van der Waals surface area contributed by atoms with E-state index in [9.17, 15) is 4.79 Å². The van der Waals surface area contributed by atoms with Crippen LogP contribution in [0.5, 0.6) is 0 Å². The first-order valence-electron chi connectivity index (χ1n) is 6.15. The average Bonchev–Trinajstić information content (AvgIpc) is 2.65. The van der Waals surface area contributed by atoms with Gasteiger partial charge in [-0.1, -0.05) is 0 Å². The fourth-order valence-corrected chi connectivity index (χ4v) is 2.86. The first kappa shape index (κ1) is 11.1. The largest absolute Gasteiger partial charge is 0.396 e. The number of piperidine rings is 1. The van der Waals surface area contributed by atoms with Crippen LogP contribution in [0.3, 0.4) is 0 Å². The van der Waals surface area contributed by atoms with E-state index in [1.807, 2.05) is 0 Å². The molecular formula is C12H21NO2. The number of ketones is 1. The molecule has 0 bridgehead atoms. The topological polar surface area (TPSA) is 40.5 Å². The van der Waals surface area contributed by atoms with Gasteiger partial charge in [-0.05, 0) is 38.1 Å². The number of hydrogen-bond acceptors (Lipinski definition) is 3. The van der Waals surface area contributed by atoms with Crippen LogP contribution in [0.2, 0.25) is 0 Å². The third-order valence-corrected chi connectivity index (χ3v) is 3.77. The third-order valence-electron chi connectivity index (χ3n) is 3.77. The minimum absolute atomic E-state index is 0.294. The Morgan fingerprint density at radius 3 is 2.87 bits per heavy atom. The van der Waals surface area contributed by atoms with Gasteiger partial charge >= 0.3 is 0 Å². The Balaban J connectivity index is 1.80. The monoisotopic (exact) mass is 211 g/mol. The minimum atomic E-state index is 0.294. The van der Waals surface area contributed by atoms with E-state index in [1.54, 1.807) is 0 Å². The Hall–Kier alpha value is -0.410. The Labute approximate surface area is 91.5 Å². The van der Waals surface area contributed by atoms with E-state index >= 15 is 0 Å². The fraction of sp³-hybridized carbons (Fsp3) is 0.917. The Bertz CT molecular complexity index is 230. The number of hydrogen-bond donors (Lipinski definition) is 1. The van der Waals surface area contributed by atoms with Crippen molar-refractivity contribution in [1.29, 1.82) is 0 Å². The molecule has 2 atom stereocenters. The zero-order chi connectivity index (χ0) is 10.7. The number of nitrogens with zero attached hydrogens (tertiary/aromatic N) is 1. The van der Waals surface area contributed by atoms with Crippen molar-refractivity contribution < 1.29 is 9.90 Å². The van der Waals surface area contributed by atoms with Crippen LogP contribution in [0.25, 0.3) is 0 Å². The van der Waals surface area contributed by atoms with Gasteiger partial charge in [-0.3, -0.25) is 4.79 Å². The second-order valence-corrected chi connectivity index (χ2v) is 5.01. The number of aliphatic hydroxyl groups is 1. The predicted octanol–water partition coefficient (Wildman–Crippen LogP) is 1.06. The SMILES string of the molecule is O=C1CCCC1CN1CCCC(CO)C1. The highest BCUT2D eigenvalue weighted by Gasteiger charge is 2.28. The van der Waals surface area contributed by atoms with Crippen molar-refractivity contribution in [1.82, 2.24) is 4.90 Å². The molecule has 3 nitrogen and oxygen atoms in total. The van der Waals surface area contributed by atoms with Gasteiger partial charge in [0, 0.05) is 32.0 Å². The fourth-order valence-electron chi connectivity index (χ4n) is 2.86. The zero-order valence-electron chi connectivity index (χ0n) is 9.32. The van der Waals surface area contributed by atoms with Crippen LogP contribution in [-0.4, -0.2) is 42.0 Å². The average molecular weight is 211 g/mol. The van der Waals surface area contributed by atoms with Crippen LogP contribution in [0.15, 0.2) is 0 Å². The highest BCUT2D eigenvalue weighted by molar-refractivity contribution is 5.83. The summed E-state index contributed by atoms with van der Waals surface area (Å²) in [6, 6.07) is 0. The van der Waals surface area contributed by atoms with Crippen molar-refractivity contribution in [3.63, 3.8) is 0 Å². The molecular weight excluding hydrogens is 190 g/mol. The van der Waals surface area contributed by atoms with E-state index in [0.29, 0.717) is 24.2 Å². The standard InChI is InChI=1S/C12H21NO2/c14-9-10-3-2-6-13(7-10)8-11-4-1-5-12(11)15/h10-11,14H,1-9H2. The first-order chi connectivity index (χ1) is 7.29. The quantitative estimate of drug-likeness (QED) is 0.759. The first-order valence-corrected chi connectivity index (χ1v) is 6.15. The van der Waals surface area contributed by atoms with Gasteiger partial charge in [-0.15, -0.1) is 0 Å². The summed E-state index contributed by atoms with van der Waals surface area (Å²) in [5.74, 6) is 1.19. The van der Waals surface area contributed by atoms with Crippen molar-refractivity contribution in [3.8, 4) is 0 Å². The van der Waals surface area contributed by atoms with Crippen molar-refractivity contribution in [3.05, 3.63) is 0 Å². The highest BCUT2D eigenvalue weighted by Crippen LogP contribution is 2.24. The summed E-state index contributed by atoms with van der Waals surface area (Å²) in [4.78, 5) is 13.9. The van der Waals surface area contributed by atoms with E-state index in [1.165, 1.54) is 6.42 Å². The minimum Gasteiger partial charge on any atom is -0.396 e. The second kappa shape index (κ2) is 5.08. The van der Waals surface area contributed by atoms with Crippen molar-refractivity contribution in [2.45, 2.75) is 32.1 Å². The lowest BCUT2D eigenvalue weighted by atomic mass is 9.97. The van der Waals surface area contributed by atoms with Gasteiger partial charge in [-0.2, -0.15) is 0 Å². The molecule has 3 heteroatoms. The maximum absolute atomic E-state index is 11.5. The van der Waals surface area contributed by atoms with Gasteiger partial charge in [0.25, 0.3) is 0 Å². The number of likely N-dealkylation sites (tertiary alicyclic amines) is 1. The van der Waals surface area contributed by atoms with Crippen LogP contribution in [0.4, 0.5) is 0 Å². The van der Waals surface area contributed by atoms with Crippen molar-refractivity contribution >= 4 is 5.78 Å². The van der Waals surface area contributed by atoms with Crippen molar-refractivity contribution in [2.24, 2.45) is 11.8 Å². The second-order valence-electron chi connectivity index (χ2n) is 5.01. The summed E-state index contributed by atoms with van der Waals surface area (Å²) in [6.07, 6.45) is 5.28. The molecule has 2 aliphatic rings. The van der Waals surface area contributed by atoms with Gasteiger partial charge in [0.15, 0.2) is 0 Å². The number of Topliss-reactive ketones (excluding diaryl/α,β-unsaturated/α-hetero) is 1. The number of aliphatic hydroxyl groups excluding tert-OH is 1. The molecule has 0 spiro atoms. The van der Waals surface area contributed by atoms with Gasteiger partial charge in [0.05, 0.1) is 0 Å². The molecule has 1 saturated carbocycles. The molecule has 0 amide bonds. The van der Waals surface area contributed by atoms with E-state index in [2.05, 4.69) is 4.90 Å². The predicted molar refractivity (Wildman–Crippen MR) is 58.6 cm³/mol. The maximum Gasteiger partial charge on any atom is 0.137 e. The molecule has 2 unspecified atom stereocenters. The van der Waals surface area contributed by atoms with Crippen LogP contribution >= 0.6 is 0 Å². The Morgan fingerprint density at radius 2 is 2.20 bits per heavy atom. The van der Waals surface area contributed by atoms with Gasteiger partial charge < -0.3 is 10.0 Å². The lowest BCUT2D eigenvalue weighted by Crippen LogP contribution is -2.40. The molecule has 15 heavy (non-hydrogen) atoms. The molecule has 0 aromatic heterocycles. The number of carbonyl (C=O) groups is 1. The van der Waals surface area contributed by atoms with E-state index < -0.39 is 0 Å². The van der Waals surface area contributed by atoms with Crippen LogP contribution in [0.1, 0.15) is 32.1 Å². The maximum atomic E-state index is 11.5. The van der Waals surface area contributed by atoms with Crippen molar-refractivity contribution in [2.75, 3.05) is 26.2 Å². The molecule has 2 rings (SSSR count). The van der Waals surface area contributed by atoms with Gasteiger partial charge in [-0.25, -0.2) is 0 Å². The van der Waals surface area contributed by atoms with Crippen LogP contribution in [-0.2, 0) is 4.79 Å². The number of rotatable bonds is 3. The molecule has 0 radical (unpaired) electrons. The zero-order valence-corrected chi connectivity index (χ0v) is 9.32. The van der Waals surface area contributed by atoms with Gasteiger partial charge in [0.2, 0.25) is 0 Å². The molecule has 86 valence electrons. The van der Waals surface area contributed by atoms with Crippen LogP contribution in [0, 0.1) is 11.8 Å². The Kier molecular flexibility index (Phi) is 3.76. The normalized spacial score (nSPS) is 33.5. The van der Waals surface area contributed by atoms with E-state index in [4.69, 9.17) is 5.11 Å². The summed E-state index contributed by atoms with van der Waals surface area (Å²) < 4.78 is 0. The summed E-state index contributed by atoms with van der Waals surface area (Å²) in [6.45, 7) is 3.34. The summed E-state index contributed by atoms with van der Waals surface area (Å²) in [5.41, 5.74) is 0. The number of carbonyl (C=O) groups excluding carboxylic acids is 1. The van der Waals surface area contributed by atoms with E-state index in [0.717, 1.165) is 45.3 Å². The molecule has 1 heterocycles. The molecule has 1 aliphatic heterocycles. The molecule has 0 aromatic rings. The molecule has 1 aliphatic carbocycles. The van der Waals surface area contributed by atoms with Crippen LogP contribution < -0.4 is 0 Å². The lowest BCUT2D eigenvalue weighted by Gasteiger charge is -2.33. The summed E-state index contributed by atoms with van der Waals surface area (Å²) >= 11 is 0. The highest BCUT2D eigenvalue weighted by atomic mass is 16.3. The molecule has 0 aromatic carbocycles. The third kappa shape index (κ3) is 2.79. The summed E-state index contributed by atoms with van der Waals surface area (Å²) in [7, 11) is 0. The van der Waals surface area contributed by atoms with Gasteiger partial charge in [0.1, 0.15) is 5.78 Å². The Morgan fingerprint density at radius 1 is 1.33 bits per heavy atom. The molecule has 1 saturated heterocycles. The lowest BCUT2D eigenvalue weighted by molar-refractivity contribution is -0.121. The molecule has 2 fully saturated rings. The summed E-state index contributed by atoms with van der Waals surface area (Å²) in [5, 5.41) is 9.13. The van der Waals surface area contributed by atoms with E-state index in [-0.39, 0.29) is 0 Å². The smallest absolute Gasteiger partial charge is 0.137 e.